The maximum atomic E-state index is 12.0. The van der Waals surface area contributed by atoms with Crippen molar-refractivity contribution < 1.29 is 22.1 Å². The van der Waals surface area contributed by atoms with E-state index in [9.17, 15) is 13.2 Å². The first kappa shape index (κ1) is 15.3. The van der Waals surface area contributed by atoms with Gasteiger partial charge in [-0.05, 0) is 25.1 Å². The van der Waals surface area contributed by atoms with Gasteiger partial charge in [-0.1, -0.05) is 17.7 Å². The summed E-state index contributed by atoms with van der Waals surface area (Å²) < 4.78 is 34.9. The molecular formula is C14H15NO5S. The first-order valence-corrected chi connectivity index (χ1v) is 7.53. The first-order valence-electron chi connectivity index (χ1n) is 6.12. The van der Waals surface area contributed by atoms with Crippen molar-refractivity contribution in [3.63, 3.8) is 0 Å². The molecule has 21 heavy (non-hydrogen) atoms. The zero-order valence-corrected chi connectivity index (χ0v) is 12.5. The molecule has 6 nitrogen and oxygen atoms in total. The minimum absolute atomic E-state index is 0.0912. The van der Waals surface area contributed by atoms with E-state index in [-0.39, 0.29) is 11.6 Å². The van der Waals surface area contributed by atoms with Gasteiger partial charge in [0.15, 0.2) is 0 Å². The van der Waals surface area contributed by atoms with Crippen molar-refractivity contribution in [1.29, 1.82) is 0 Å². The molecule has 0 bridgehead atoms. The fourth-order valence-electron chi connectivity index (χ4n) is 1.66. The number of hydrogen-bond donors (Lipinski definition) is 0. The number of aryl methyl sites for hydroxylation is 1. The fraction of sp³-hybridized carbons (Fsp3) is 0.214. The number of benzene rings is 1. The van der Waals surface area contributed by atoms with Crippen LogP contribution >= 0.6 is 0 Å². The molecule has 0 atom stereocenters. The Kier molecular flexibility index (Phi) is 4.44. The van der Waals surface area contributed by atoms with E-state index in [0.717, 1.165) is 5.56 Å². The summed E-state index contributed by atoms with van der Waals surface area (Å²) in [6.45, 7) is 1.65. The van der Waals surface area contributed by atoms with Crippen molar-refractivity contribution in [2.75, 3.05) is 7.11 Å². The minimum Gasteiger partial charge on any atom is -0.465 e. The molecule has 0 saturated carbocycles. The second-order valence-corrected chi connectivity index (χ2v) is 6.04. The van der Waals surface area contributed by atoms with Gasteiger partial charge >= 0.3 is 5.97 Å². The number of hydrogen-bond acceptors (Lipinski definition) is 5. The lowest BCUT2D eigenvalue weighted by Crippen LogP contribution is -2.10. The molecule has 1 aromatic heterocycles. The standard InChI is InChI=1S/C14H15NO5S/c1-11-3-5-13(6-4-11)21(17,18)20-10-15-8-7-12(9-15)14(16)19-2/h3-9H,10H2,1-2H3. The zero-order chi connectivity index (χ0) is 15.5. The molecule has 0 fully saturated rings. The van der Waals surface area contributed by atoms with Crippen LogP contribution in [-0.4, -0.2) is 26.1 Å². The van der Waals surface area contributed by atoms with Crippen LogP contribution in [0.5, 0.6) is 0 Å². The molecule has 0 spiro atoms. The quantitative estimate of drug-likeness (QED) is 0.623. The molecule has 112 valence electrons. The van der Waals surface area contributed by atoms with Gasteiger partial charge in [0.05, 0.1) is 17.6 Å². The molecule has 0 unspecified atom stereocenters. The van der Waals surface area contributed by atoms with E-state index in [1.54, 1.807) is 12.1 Å². The summed E-state index contributed by atoms with van der Waals surface area (Å²) in [4.78, 5) is 11.4. The lowest BCUT2D eigenvalue weighted by atomic mass is 10.2. The van der Waals surface area contributed by atoms with Crippen molar-refractivity contribution in [3.8, 4) is 0 Å². The molecule has 1 aromatic carbocycles. The normalized spacial score (nSPS) is 11.3. The van der Waals surface area contributed by atoms with Gasteiger partial charge < -0.3 is 9.30 Å². The molecular weight excluding hydrogens is 294 g/mol. The fourth-order valence-corrected chi connectivity index (χ4v) is 2.53. The number of carbonyl (C=O) groups is 1. The van der Waals surface area contributed by atoms with Crippen LogP contribution < -0.4 is 0 Å². The summed E-state index contributed by atoms with van der Waals surface area (Å²) in [6, 6.07) is 7.89. The van der Waals surface area contributed by atoms with E-state index in [1.165, 1.54) is 42.3 Å². The number of methoxy groups -OCH3 is 1. The van der Waals surface area contributed by atoms with Gasteiger partial charge in [-0.25, -0.2) is 8.98 Å². The molecule has 0 aliphatic rings. The van der Waals surface area contributed by atoms with Crippen LogP contribution in [0.2, 0.25) is 0 Å². The van der Waals surface area contributed by atoms with Crippen molar-refractivity contribution >= 4 is 16.1 Å². The third kappa shape index (κ3) is 3.71. The van der Waals surface area contributed by atoms with Gasteiger partial charge in [0, 0.05) is 12.4 Å². The monoisotopic (exact) mass is 309 g/mol. The van der Waals surface area contributed by atoms with Crippen molar-refractivity contribution in [2.45, 2.75) is 18.6 Å². The average Bonchev–Trinajstić information content (AvgIpc) is 2.94. The van der Waals surface area contributed by atoms with E-state index < -0.39 is 16.1 Å². The Hall–Kier alpha value is -2.12. The molecule has 2 rings (SSSR count). The first-order chi connectivity index (χ1) is 9.92. The summed E-state index contributed by atoms with van der Waals surface area (Å²) in [7, 11) is -2.55. The Bertz CT molecular complexity index is 731. The van der Waals surface area contributed by atoms with E-state index in [2.05, 4.69) is 4.74 Å². The summed E-state index contributed by atoms with van der Waals surface area (Å²) in [6.07, 6.45) is 2.99. The second-order valence-electron chi connectivity index (χ2n) is 4.42. The van der Waals surface area contributed by atoms with E-state index >= 15 is 0 Å². The largest absolute Gasteiger partial charge is 0.465 e. The van der Waals surface area contributed by atoms with Crippen LogP contribution in [0.4, 0.5) is 0 Å². The Labute approximate surface area is 123 Å². The Morgan fingerprint density at radius 3 is 2.48 bits per heavy atom. The maximum absolute atomic E-state index is 12.0. The van der Waals surface area contributed by atoms with E-state index in [0.29, 0.717) is 5.56 Å². The SMILES string of the molecule is COC(=O)c1ccn(COS(=O)(=O)c2ccc(C)cc2)c1. The topological polar surface area (TPSA) is 74.6 Å². The summed E-state index contributed by atoms with van der Waals surface area (Å²) in [5.41, 5.74) is 1.29. The molecule has 0 radical (unpaired) electrons. The minimum atomic E-state index is -3.83. The third-order valence-electron chi connectivity index (χ3n) is 2.84. The van der Waals surface area contributed by atoms with Gasteiger partial charge in [-0.3, -0.25) is 0 Å². The third-order valence-corrected chi connectivity index (χ3v) is 4.10. The Balaban J connectivity index is 2.06. The predicted octanol–water partition coefficient (Wildman–Crippen LogP) is 1.95. The second kappa shape index (κ2) is 6.11. The van der Waals surface area contributed by atoms with Crippen LogP contribution in [0.25, 0.3) is 0 Å². The Morgan fingerprint density at radius 1 is 1.19 bits per heavy atom. The smallest absolute Gasteiger partial charge is 0.339 e. The zero-order valence-electron chi connectivity index (χ0n) is 11.6. The average molecular weight is 309 g/mol. The molecule has 0 saturated heterocycles. The molecule has 0 amide bonds. The molecule has 0 aliphatic carbocycles. The van der Waals surface area contributed by atoms with Gasteiger partial charge in [0.1, 0.15) is 6.73 Å². The van der Waals surface area contributed by atoms with Gasteiger partial charge in [-0.2, -0.15) is 8.42 Å². The van der Waals surface area contributed by atoms with Gasteiger partial charge in [0.2, 0.25) is 0 Å². The van der Waals surface area contributed by atoms with Crippen molar-refractivity contribution in [3.05, 3.63) is 53.9 Å². The molecule has 7 heteroatoms. The number of aromatic nitrogens is 1. The number of nitrogens with zero attached hydrogens (tertiary/aromatic N) is 1. The summed E-state index contributed by atoms with van der Waals surface area (Å²) >= 11 is 0. The van der Waals surface area contributed by atoms with E-state index in [4.69, 9.17) is 4.18 Å². The van der Waals surface area contributed by atoms with Crippen LogP contribution in [0.1, 0.15) is 15.9 Å². The van der Waals surface area contributed by atoms with Crippen molar-refractivity contribution in [1.82, 2.24) is 4.57 Å². The highest BCUT2D eigenvalue weighted by molar-refractivity contribution is 7.86. The van der Waals surface area contributed by atoms with E-state index in [1.807, 2.05) is 6.92 Å². The number of ether oxygens (including phenoxy) is 1. The number of esters is 1. The molecule has 0 aliphatic heterocycles. The highest BCUT2D eigenvalue weighted by atomic mass is 32.2. The molecule has 1 heterocycles. The highest BCUT2D eigenvalue weighted by Crippen LogP contribution is 2.14. The Morgan fingerprint density at radius 2 is 1.86 bits per heavy atom. The van der Waals surface area contributed by atoms with Crippen LogP contribution in [0.3, 0.4) is 0 Å². The number of carbonyl (C=O) groups excluding carboxylic acids is 1. The summed E-state index contributed by atoms with van der Waals surface area (Å²) in [5.74, 6) is -0.491. The molecule has 0 N–H and O–H groups in total. The van der Waals surface area contributed by atoms with Crippen LogP contribution in [0.15, 0.2) is 47.6 Å². The summed E-state index contributed by atoms with van der Waals surface area (Å²) in [5, 5.41) is 0. The van der Waals surface area contributed by atoms with Gasteiger partial charge in [0.25, 0.3) is 10.1 Å². The van der Waals surface area contributed by atoms with Crippen LogP contribution in [-0.2, 0) is 25.8 Å². The maximum Gasteiger partial charge on any atom is 0.339 e. The lowest BCUT2D eigenvalue weighted by molar-refractivity contribution is 0.0600. The predicted molar refractivity (Wildman–Crippen MR) is 75.2 cm³/mol. The number of rotatable bonds is 5. The van der Waals surface area contributed by atoms with Gasteiger partial charge in [-0.15, -0.1) is 0 Å². The lowest BCUT2D eigenvalue weighted by Gasteiger charge is -2.06. The van der Waals surface area contributed by atoms with Crippen LogP contribution in [0, 0.1) is 6.92 Å². The molecule has 2 aromatic rings. The highest BCUT2D eigenvalue weighted by Gasteiger charge is 2.15. The van der Waals surface area contributed by atoms with Crippen molar-refractivity contribution in [2.24, 2.45) is 0 Å².